The smallest absolute Gasteiger partial charge is 0.230 e. The van der Waals surface area contributed by atoms with Gasteiger partial charge in [0.25, 0.3) is 0 Å². The average Bonchev–Trinajstić information content (AvgIpc) is 2.67. The molecule has 0 bridgehead atoms. The van der Waals surface area contributed by atoms with Crippen LogP contribution in [0.4, 0.5) is 11.4 Å². The number of benzene rings is 2. The van der Waals surface area contributed by atoms with Crippen molar-refractivity contribution in [1.29, 1.82) is 0 Å². The molecule has 3 nitrogen and oxygen atoms in total. The predicted molar refractivity (Wildman–Crippen MR) is 82.2 cm³/mol. The van der Waals surface area contributed by atoms with Crippen molar-refractivity contribution in [1.82, 2.24) is 0 Å². The zero-order chi connectivity index (χ0) is 14.3. The summed E-state index contributed by atoms with van der Waals surface area (Å²) in [4.78, 5) is 18.8. The van der Waals surface area contributed by atoms with Crippen molar-refractivity contribution in [3.63, 3.8) is 0 Å². The lowest BCUT2D eigenvalue weighted by atomic mass is 10.1. The summed E-state index contributed by atoms with van der Waals surface area (Å²) in [6, 6.07) is 13.6. The number of carbonyl (C=O) groups is 1. The molecular formula is C17H16N2O. The molecule has 100 valence electrons. The van der Waals surface area contributed by atoms with E-state index >= 15 is 0 Å². The minimum absolute atomic E-state index is 0.0110. The number of ketones is 1. The first-order valence-electron chi connectivity index (χ1n) is 6.61. The van der Waals surface area contributed by atoms with Crippen LogP contribution in [0.5, 0.6) is 0 Å². The van der Waals surface area contributed by atoms with Crippen molar-refractivity contribution in [2.75, 3.05) is 11.9 Å². The number of hydrogen-bond acceptors (Lipinski definition) is 2. The number of aliphatic imine (C=N–C) groups is 1. The molecule has 0 amide bonds. The lowest BCUT2D eigenvalue weighted by molar-refractivity contribution is 0.106. The van der Waals surface area contributed by atoms with Gasteiger partial charge in [0.15, 0.2) is 5.84 Å². The monoisotopic (exact) mass is 264 g/mol. The molecule has 0 N–H and O–H groups in total. The van der Waals surface area contributed by atoms with Gasteiger partial charge in [-0.1, -0.05) is 29.8 Å². The highest BCUT2D eigenvalue weighted by Gasteiger charge is 2.30. The highest BCUT2D eigenvalue weighted by molar-refractivity contribution is 6.54. The first kappa shape index (κ1) is 12.6. The van der Waals surface area contributed by atoms with Gasteiger partial charge in [-0.15, -0.1) is 0 Å². The fourth-order valence-corrected chi connectivity index (χ4v) is 2.52. The van der Waals surface area contributed by atoms with Crippen LogP contribution in [0.1, 0.15) is 21.5 Å². The van der Waals surface area contributed by atoms with Gasteiger partial charge in [0.1, 0.15) is 0 Å². The quantitative estimate of drug-likeness (QED) is 0.787. The second-order valence-corrected chi connectivity index (χ2v) is 5.13. The van der Waals surface area contributed by atoms with Gasteiger partial charge in [0.05, 0.1) is 11.4 Å². The molecule has 0 aliphatic carbocycles. The molecule has 1 heterocycles. The van der Waals surface area contributed by atoms with Crippen molar-refractivity contribution >= 4 is 23.0 Å². The molecule has 0 spiro atoms. The zero-order valence-electron chi connectivity index (χ0n) is 11.8. The molecule has 2 aromatic rings. The maximum absolute atomic E-state index is 12.4. The maximum atomic E-state index is 12.4. The molecule has 0 radical (unpaired) electrons. The van der Waals surface area contributed by atoms with Gasteiger partial charge in [-0.05, 0) is 37.6 Å². The Hall–Kier alpha value is -2.42. The van der Waals surface area contributed by atoms with E-state index in [-0.39, 0.29) is 5.78 Å². The molecule has 0 saturated carbocycles. The van der Waals surface area contributed by atoms with Gasteiger partial charge in [0.2, 0.25) is 5.78 Å². The third-order valence-corrected chi connectivity index (χ3v) is 3.61. The summed E-state index contributed by atoms with van der Waals surface area (Å²) in [5, 5.41) is 0. The minimum Gasteiger partial charge on any atom is -0.325 e. The molecule has 0 aromatic heterocycles. The lowest BCUT2D eigenvalue weighted by Gasteiger charge is -2.12. The number of para-hydroxylation sites is 1. The summed E-state index contributed by atoms with van der Waals surface area (Å²) >= 11 is 0. The number of rotatable bonds is 1. The molecular weight excluding hydrogens is 248 g/mol. The van der Waals surface area contributed by atoms with Crippen LogP contribution in [-0.2, 0) is 0 Å². The van der Waals surface area contributed by atoms with Crippen LogP contribution < -0.4 is 4.90 Å². The number of anilines is 1. The Morgan fingerprint density at radius 2 is 1.80 bits per heavy atom. The summed E-state index contributed by atoms with van der Waals surface area (Å²) in [5.41, 5.74) is 4.76. The molecule has 1 aliphatic rings. The molecule has 0 unspecified atom stereocenters. The zero-order valence-corrected chi connectivity index (χ0v) is 11.8. The lowest BCUT2D eigenvalue weighted by Crippen LogP contribution is -2.25. The number of aryl methyl sites for hydroxylation is 2. The van der Waals surface area contributed by atoms with E-state index in [1.54, 1.807) is 0 Å². The fourth-order valence-electron chi connectivity index (χ4n) is 2.52. The maximum Gasteiger partial charge on any atom is 0.230 e. The second-order valence-electron chi connectivity index (χ2n) is 5.13. The highest BCUT2D eigenvalue weighted by atomic mass is 16.1. The van der Waals surface area contributed by atoms with Crippen LogP contribution in [-0.4, -0.2) is 18.7 Å². The van der Waals surface area contributed by atoms with E-state index in [2.05, 4.69) is 11.1 Å². The van der Waals surface area contributed by atoms with Gasteiger partial charge in [-0.2, -0.15) is 0 Å². The summed E-state index contributed by atoms with van der Waals surface area (Å²) < 4.78 is 0. The number of hydrogen-bond donors (Lipinski definition) is 0. The third-order valence-electron chi connectivity index (χ3n) is 3.61. The van der Waals surface area contributed by atoms with Crippen LogP contribution in [0.25, 0.3) is 0 Å². The van der Waals surface area contributed by atoms with Crippen molar-refractivity contribution in [2.45, 2.75) is 13.8 Å². The van der Waals surface area contributed by atoms with Crippen molar-refractivity contribution in [2.24, 2.45) is 4.99 Å². The number of likely N-dealkylation sites (N-methyl/N-ethyl adjacent to an activating group) is 1. The normalized spacial score (nSPS) is 15.8. The van der Waals surface area contributed by atoms with Gasteiger partial charge < -0.3 is 4.90 Å². The first-order valence-corrected chi connectivity index (χ1v) is 6.61. The van der Waals surface area contributed by atoms with E-state index in [1.807, 2.05) is 62.2 Å². The van der Waals surface area contributed by atoms with Gasteiger partial charge in [0, 0.05) is 12.6 Å². The largest absolute Gasteiger partial charge is 0.325 e. The van der Waals surface area contributed by atoms with E-state index in [4.69, 9.17) is 0 Å². The molecule has 3 rings (SSSR count). The number of carbonyl (C=O) groups excluding carboxylic acids is 1. The van der Waals surface area contributed by atoms with E-state index in [9.17, 15) is 4.79 Å². The fraction of sp³-hybridized carbons (Fsp3) is 0.176. The van der Waals surface area contributed by atoms with Crippen LogP contribution in [0.15, 0.2) is 47.5 Å². The molecule has 2 aromatic carbocycles. The van der Waals surface area contributed by atoms with Crippen molar-refractivity contribution in [3.05, 3.63) is 59.2 Å². The Morgan fingerprint density at radius 3 is 2.50 bits per heavy atom. The predicted octanol–water partition coefficient (Wildman–Crippen LogP) is 3.67. The van der Waals surface area contributed by atoms with Crippen LogP contribution >= 0.6 is 0 Å². The van der Waals surface area contributed by atoms with Crippen LogP contribution in [0, 0.1) is 13.8 Å². The van der Waals surface area contributed by atoms with E-state index < -0.39 is 0 Å². The summed E-state index contributed by atoms with van der Waals surface area (Å²) in [6.07, 6.45) is 0. The highest BCUT2D eigenvalue weighted by Crippen LogP contribution is 2.30. The molecule has 1 aliphatic heterocycles. The minimum atomic E-state index is -0.0110. The van der Waals surface area contributed by atoms with E-state index in [0.29, 0.717) is 5.84 Å². The van der Waals surface area contributed by atoms with Crippen molar-refractivity contribution in [3.8, 4) is 0 Å². The second kappa shape index (κ2) is 4.60. The standard InChI is InChI=1S/C17H16N2O/c1-11-8-9-14(12(2)10-11)18-17-16(20)13-6-4-5-7-15(13)19(17)3/h4-10H,1-3H3. The van der Waals surface area contributed by atoms with Crippen LogP contribution in [0.2, 0.25) is 0 Å². The Morgan fingerprint density at radius 1 is 1.05 bits per heavy atom. The van der Waals surface area contributed by atoms with E-state index in [0.717, 1.165) is 22.5 Å². The summed E-state index contributed by atoms with van der Waals surface area (Å²) in [6.45, 7) is 4.06. The summed E-state index contributed by atoms with van der Waals surface area (Å²) in [7, 11) is 1.88. The topological polar surface area (TPSA) is 32.7 Å². The van der Waals surface area contributed by atoms with Crippen LogP contribution in [0.3, 0.4) is 0 Å². The summed E-state index contributed by atoms with van der Waals surface area (Å²) in [5.74, 6) is 0.473. The molecule has 0 atom stereocenters. The van der Waals surface area contributed by atoms with Gasteiger partial charge in [-0.3, -0.25) is 4.79 Å². The number of fused-ring (bicyclic) bond motifs is 1. The number of Topliss-reactive ketones (excluding diaryl/α,β-unsaturated/α-hetero) is 1. The number of nitrogens with zero attached hydrogens (tertiary/aromatic N) is 2. The molecule has 3 heteroatoms. The van der Waals surface area contributed by atoms with Crippen molar-refractivity contribution < 1.29 is 4.79 Å². The van der Waals surface area contributed by atoms with Gasteiger partial charge in [-0.25, -0.2) is 4.99 Å². The Labute approximate surface area is 118 Å². The molecule has 0 fully saturated rings. The van der Waals surface area contributed by atoms with Gasteiger partial charge >= 0.3 is 0 Å². The Bertz CT molecular complexity index is 732. The first-order chi connectivity index (χ1) is 9.58. The SMILES string of the molecule is Cc1ccc(N=C2C(=O)c3ccccc3N2C)c(C)c1. The Kier molecular flexibility index (Phi) is 2.90. The Balaban J connectivity index is 2.08. The number of amidine groups is 1. The molecule has 0 saturated heterocycles. The van der Waals surface area contributed by atoms with E-state index in [1.165, 1.54) is 5.56 Å². The average molecular weight is 264 g/mol. The molecule has 20 heavy (non-hydrogen) atoms. The third kappa shape index (κ3) is 1.92.